The smallest absolute Gasteiger partial charge is 0.178 e. The second-order valence-electron chi connectivity index (χ2n) is 3.72. The number of hydrogen-bond acceptors (Lipinski definition) is 1. The van der Waals surface area contributed by atoms with Gasteiger partial charge < -0.3 is 9.55 Å². The Morgan fingerprint density at radius 2 is 2.29 bits per heavy atom. The summed E-state index contributed by atoms with van der Waals surface area (Å²) in [6.07, 6.45) is 4.97. The van der Waals surface area contributed by atoms with Crippen LogP contribution in [-0.2, 0) is 6.54 Å². The molecule has 0 unspecified atom stereocenters. The van der Waals surface area contributed by atoms with Crippen molar-refractivity contribution in [1.29, 1.82) is 0 Å². The standard InChI is InChI=1S/C12H12FIN2S/c1-2-3-4-5-16-11-6-8(13)9(14)7-10(11)15-12(16)17/h2-3,6-7H,4-5H2,1H3,(H,15,17)/b3-2+. The Kier molecular flexibility index (Phi) is 3.98. The Labute approximate surface area is 118 Å². The van der Waals surface area contributed by atoms with E-state index in [1.165, 1.54) is 0 Å². The zero-order chi connectivity index (χ0) is 12.4. The molecule has 0 fully saturated rings. The normalized spacial score (nSPS) is 11.7. The number of aromatic amines is 1. The van der Waals surface area contributed by atoms with E-state index in [9.17, 15) is 4.39 Å². The third-order valence-electron chi connectivity index (χ3n) is 2.57. The topological polar surface area (TPSA) is 20.7 Å². The average molecular weight is 362 g/mol. The third kappa shape index (κ3) is 2.60. The van der Waals surface area contributed by atoms with E-state index in [0.717, 1.165) is 24.0 Å². The Bertz CT molecular complexity index is 627. The lowest BCUT2D eigenvalue weighted by atomic mass is 10.3. The maximum atomic E-state index is 13.5. The highest BCUT2D eigenvalue weighted by Crippen LogP contribution is 2.20. The van der Waals surface area contributed by atoms with E-state index in [1.54, 1.807) is 12.1 Å². The van der Waals surface area contributed by atoms with E-state index in [1.807, 2.05) is 40.2 Å². The van der Waals surface area contributed by atoms with E-state index in [4.69, 9.17) is 12.2 Å². The highest BCUT2D eigenvalue weighted by Gasteiger charge is 2.08. The molecule has 0 saturated heterocycles. The van der Waals surface area contributed by atoms with Gasteiger partial charge in [0.15, 0.2) is 4.77 Å². The average Bonchev–Trinajstić information content (AvgIpc) is 2.57. The maximum absolute atomic E-state index is 13.5. The van der Waals surface area contributed by atoms with Crippen LogP contribution in [0.3, 0.4) is 0 Å². The Balaban J connectivity index is 2.51. The zero-order valence-corrected chi connectivity index (χ0v) is 12.3. The second kappa shape index (κ2) is 5.30. The van der Waals surface area contributed by atoms with E-state index in [0.29, 0.717) is 8.34 Å². The number of imidazole rings is 1. The first-order valence-corrected chi connectivity index (χ1v) is 6.81. The lowest BCUT2D eigenvalue weighted by Crippen LogP contribution is -1.97. The van der Waals surface area contributed by atoms with Crippen LogP contribution >= 0.6 is 34.8 Å². The minimum Gasteiger partial charge on any atom is -0.331 e. The van der Waals surface area contributed by atoms with Gasteiger partial charge in [-0.2, -0.15) is 0 Å². The van der Waals surface area contributed by atoms with Crippen LogP contribution in [0, 0.1) is 14.2 Å². The van der Waals surface area contributed by atoms with Gasteiger partial charge in [0.25, 0.3) is 0 Å². The van der Waals surface area contributed by atoms with E-state index in [-0.39, 0.29) is 5.82 Å². The molecule has 0 bridgehead atoms. The number of fused-ring (bicyclic) bond motifs is 1. The highest BCUT2D eigenvalue weighted by atomic mass is 127. The van der Waals surface area contributed by atoms with Crippen molar-refractivity contribution < 1.29 is 4.39 Å². The summed E-state index contributed by atoms with van der Waals surface area (Å²) >= 11 is 7.23. The van der Waals surface area contributed by atoms with E-state index < -0.39 is 0 Å². The van der Waals surface area contributed by atoms with Gasteiger partial charge in [-0.3, -0.25) is 0 Å². The minimum atomic E-state index is -0.202. The molecule has 0 aliphatic carbocycles. The summed E-state index contributed by atoms with van der Waals surface area (Å²) < 4.78 is 16.7. The first-order chi connectivity index (χ1) is 8.13. The van der Waals surface area contributed by atoms with Gasteiger partial charge in [-0.25, -0.2) is 4.39 Å². The summed E-state index contributed by atoms with van der Waals surface area (Å²) in [5, 5.41) is 0. The molecule has 2 rings (SSSR count). The molecule has 1 aromatic heterocycles. The molecule has 0 spiro atoms. The molecular formula is C12H12FIN2S. The fourth-order valence-electron chi connectivity index (χ4n) is 1.74. The molecule has 1 heterocycles. The molecule has 0 saturated carbocycles. The van der Waals surface area contributed by atoms with Crippen LogP contribution in [0.1, 0.15) is 13.3 Å². The van der Waals surface area contributed by atoms with Crippen LogP contribution < -0.4 is 0 Å². The molecule has 90 valence electrons. The summed E-state index contributed by atoms with van der Waals surface area (Å²) in [6.45, 7) is 2.75. The van der Waals surface area contributed by atoms with Crippen LogP contribution in [0.5, 0.6) is 0 Å². The number of aromatic nitrogens is 2. The van der Waals surface area contributed by atoms with Crippen LogP contribution in [0.25, 0.3) is 11.0 Å². The van der Waals surface area contributed by atoms with Crippen LogP contribution in [0.4, 0.5) is 4.39 Å². The van der Waals surface area contributed by atoms with Gasteiger partial charge in [-0.15, -0.1) is 0 Å². The number of rotatable bonds is 3. The van der Waals surface area contributed by atoms with Crippen molar-refractivity contribution in [2.75, 3.05) is 0 Å². The predicted molar refractivity (Wildman–Crippen MR) is 79.2 cm³/mol. The number of benzene rings is 1. The number of nitrogens with zero attached hydrogens (tertiary/aromatic N) is 1. The lowest BCUT2D eigenvalue weighted by Gasteiger charge is -2.02. The van der Waals surface area contributed by atoms with Crippen LogP contribution in [-0.4, -0.2) is 9.55 Å². The van der Waals surface area contributed by atoms with Gasteiger partial charge in [-0.1, -0.05) is 12.2 Å². The first-order valence-electron chi connectivity index (χ1n) is 5.32. The summed E-state index contributed by atoms with van der Waals surface area (Å²) in [7, 11) is 0. The Hall–Kier alpha value is -0.690. The Morgan fingerprint density at radius 1 is 1.53 bits per heavy atom. The molecule has 2 nitrogen and oxygen atoms in total. The monoisotopic (exact) mass is 362 g/mol. The highest BCUT2D eigenvalue weighted by molar-refractivity contribution is 14.1. The van der Waals surface area contributed by atoms with Gasteiger partial charge >= 0.3 is 0 Å². The largest absolute Gasteiger partial charge is 0.331 e. The van der Waals surface area contributed by atoms with Crippen molar-refractivity contribution in [1.82, 2.24) is 9.55 Å². The molecule has 0 atom stereocenters. The number of allylic oxidation sites excluding steroid dienone is 2. The van der Waals surface area contributed by atoms with Gasteiger partial charge in [0.1, 0.15) is 5.82 Å². The molecule has 2 aromatic rings. The third-order valence-corrected chi connectivity index (χ3v) is 3.72. The van der Waals surface area contributed by atoms with Crippen molar-refractivity contribution in [3.63, 3.8) is 0 Å². The number of halogens is 2. The fourth-order valence-corrected chi connectivity index (χ4v) is 2.51. The van der Waals surface area contributed by atoms with Crippen molar-refractivity contribution in [2.45, 2.75) is 19.9 Å². The molecule has 5 heteroatoms. The number of nitrogens with one attached hydrogen (secondary N) is 1. The SMILES string of the molecule is C/C=C/CCn1c(=S)[nH]c2cc(I)c(F)cc21. The number of hydrogen-bond donors (Lipinski definition) is 1. The van der Waals surface area contributed by atoms with Gasteiger partial charge in [0.05, 0.1) is 14.6 Å². The molecule has 0 aliphatic heterocycles. The van der Waals surface area contributed by atoms with Crippen LogP contribution in [0.2, 0.25) is 0 Å². The van der Waals surface area contributed by atoms with Gasteiger partial charge in [0, 0.05) is 12.6 Å². The first kappa shape index (κ1) is 12.8. The predicted octanol–water partition coefficient (Wildman–Crippen LogP) is 4.41. The minimum absolute atomic E-state index is 0.202. The summed E-state index contributed by atoms with van der Waals surface area (Å²) in [4.78, 5) is 3.10. The zero-order valence-electron chi connectivity index (χ0n) is 9.34. The number of H-pyrrole nitrogens is 1. The maximum Gasteiger partial charge on any atom is 0.178 e. The molecule has 0 radical (unpaired) electrons. The molecule has 1 N–H and O–H groups in total. The van der Waals surface area contributed by atoms with Crippen molar-refractivity contribution in [2.24, 2.45) is 0 Å². The van der Waals surface area contributed by atoms with Crippen molar-refractivity contribution >= 4 is 45.8 Å². The fraction of sp³-hybridized carbons (Fsp3) is 0.250. The van der Waals surface area contributed by atoms with Gasteiger partial charge in [-0.05, 0) is 54.2 Å². The Morgan fingerprint density at radius 3 is 3.00 bits per heavy atom. The summed E-state index contributed by atoms with van der Waals surface area (Å²) in [5.41, 5.74) is 1.72. The summed E-state index contributed by atoms with van der Waals surface area (Å²) in [6, 6.07) is 3.33. The molecule has 0 aliphatic rings. The van der Waals surface area contributed by atoms with E-state index in [2.05, 4.69) is 11.1 Å². The quantitative estimate of drug-likeness (QED) is 0.487. The lowest BCUT2D eigenvalue weighted by molar-refractivity contribution is 0.620. The molecular weight excluding hydrogens is 350 g/mol. The molecule has 17 heavy (non-hydrogen) atoms. The summed E-state index contributed by atoms with van der Waals surface area (Å²) in [5.74, 6) is -0.202. The van der Waals surface area contributed by atoms with Crippen molar-refractivity contribution in [3.8, 4) is 0 Å². The molecule has 1 aromatic carbocycles. The van der Waals surface area contributed by atoms with Crippen LogP contribution in [0.15, 0.2) is 24.3 Å². The second-order valence-corrected chi connectivity index (χ2v) is 5.27. The van der Waals surface area contributed by atoms with E-state index >= 15 is 0 Å². The van der Waals surface area contributed by atoms with Crippen molar-refractivity contribution in [3.05, 3.63) is 38.4 Å². The number of aryl methyl sites for hydroxylation is 1. The van der Waals surface area contributed by atoms with Gasteiger partial charge in [0.2, 0.25) is 0 Å². The molecule has 0 amide bonds.